The number of hydrazine groups is 1. The first-order valence-corrected chi connectivity index (χ1v) is 10.2. The Morgan fingerprint density at radius 2 is 1.76 bits per heavy atom. The van der Waals surface area contributed by atoms with Crippen LogP contribution in [0.2, 0.25) is 10.0 Å². The van der Waals surface area contributed by atoms with Crippen molar-refractivity contribution in [3.05, 3.63) is 97.9 Å². The monoisotopic (exact) mass is 489 g/mol. The van der Waals surface area contributed by atoms with E-state index in [4.69, 9.17) is 23.2 Å². The Morgan fingerprint density at radius 1 is 1.03 bits per heavy atom. The highest BCUT2D eigenvalue weighted by atomic mass is 79.9. The van der Waals surface area contributed by atoms with E-state index in [1.807, 2.05) is 6.07 Å². The molecule has 3 aromatic carbocycles. The van der Waals surface area contributed by atoms with Gasteiger partial charge in [-0.15, -0.1) is 0 Å². The van der Waals surface area contributed by atoms with E-state index in [-0.39, 0.29) is 5.91 Å². The Labute approximate surface area is 185 Å². The van der Waals surface area contributed by atoms with Gasteiger partial charge in [-0.3, -0.25) is 15.0 Å². The molecule has 0 aromatic heterocycles. The Balaban J connectivity index is 1.73. The third kappa shape index (κ3) is 3.96. The largest absolute Gasteiger partial charge is 0.359 e. The number of para-hydroxylation sites is 1. The summed E-state index contributed by atoms with van der Waals surface area (Å²) in [6.07, 6.45) is -0.707. The molecule has 29 heavy (non-hydrogen) atoms. The molecule has 1 aliphatic rings. The molecule has 1 unspecified atom stereocenters. The van der Waals surface area contributed by atoms with Gasteiger partial charge in [0, 0.05) is 31.3 Å². The van der Waals surface area contributed by atoms with Gasteiger partial charge >= 0.3 is 0 Å². The summed E-state index contributed by atoms with van der Waals surface area (Å²) in [5.74, 6) is -0.761. The maximum Gasteiger partial charge on any atom is 0.276 e. The Kier molecular flexibility index (Phi) is 5.50. The molecule has 0 aliphatic carbocycles. The van der Waals surface area contributed by atoms with Gasteiger partial charge in [-0.2, -0.15) is 0 Å². The number of hydrogen-bond acceptors (Lipinski definition) is 3. The minimum absolute atomic E-state index is 0.346. The molecule has 0 saturated heterocycles. The van der Waals surface area contributed by atoms with Crippen LogP contribution in [0.4, 0.5) is 5.69 Å². The molecule has 0 fully saturated rings. The number of rotatable bonds is 3. The standard InChI is InChI=1S/C21H14BrCl2N3O2/c22-13-7-5-12(6-8-13)20(28)26-27-19(15-10-9-14(23)11-17(15)24)25-18-4-2-1-3-16(18)21(27)29/h1-11,19,25H,(H,26,28). The number of anilines is 1. The maximum absolute atomic E-state index is 13.2. The van der Waals surface area contributed by atoms with Crippen molar-refractivity contribution in [3.8, 4) is 0 Å². The number of halogens is 3. The number of carbonyl (C=O) groups is 2. The van der Waals surface area contributed by atoms with Crippen LogP contribution in [0, 0.1) is 0 Å². The second kappa shape index (κ2) is 8.06. The highest BCUT2D eigenvalue weighted by molar-refractivity contribution is 9.10. The maximum atomic E-state index is 13.2. The van der Waals surface area contributed by atoms with Crippen LogP contribution in [0.15, 0.2) is 71.2 Å². The molecule has 1 atom stereocenters. The lowest BCUT2D eigenvalue weighted by Gasteiger charge is -2.38. The van der Waals surface area contributed by atoms with Crippen LogP contribution in [0.25, 0.3) is 0 Å². The minimum atomic E-state index is -0.707. The minimum Gasteiger partial charge on any atom is -0.359 e. The van der Waals surface area contributed by atoms with Crippen molar-refractivity contribution in [2.24, 2.45) is 0 Å². The third-order valence-corrected chi connectivity index (χ3v) is 5.60. The van der Waals surface area contributed by atoms with Crippen LogP contribution in [0.5, 0.6) is 0 Å². The predicted molar refractivity (Wildman–Crippen MR) is 117 cm³/mol. The molecule has 3 aromatic rings. The fourth-order valence-electron chi connectivity index (χ4n) is 3.08. The summed E-state index contributed by atoms with van der Waals surface area (Å²) < 4.78 is 0.851. The van der Waals surface area contributed by atoms with E-state index in [0.29, 0.717) is 32.4 Å². The van der Waals surface area contributed by atoms with Gasteiger partial charge in [0.05, 0.1) is 5.56 Å². The van der Waals surface area contributed by atoms with Crippen LogP contribution in [0.1, 0.15) is 32.4 Å². The molecule has 2 N–H and O–H groups in total. The van der Waals surface area contributed by atoms with Crippen molar-refractivity contribution in [1.82, 2.24) is 10.4 Å². The number of fused-ring (bicyclic) bond motifs is 1. The second-order valence-electron chi connectivity index (χ2n) is 6.38. The molecule has 4 rings (SSSR count). The quantitative estimate of drug-likeness (QED) is 0.497. The second-order valence-corrected chi connectivity index (χ2v) is 8.14. The van der Waals surface area contributed by atoms with Crippen LogP contribution in [-0.2, 0) is 0 Å². The molecule has 0 saturated carbocycles. The summed E-state index contributed by atoms with van der Waals surface area (Å²) in [6, 6.07) is 19.0. The summed E-state index contributed by atoms with van der Waals surface area (Å²) in [7, 11) is 0. The van der Waals surface area contributed by atoms with Crippen molar-refractivity contribution < 1.29 is 9.59 Å². The number of amides is 2. The number of carbonyl (C=O) groups excluding carboxylic acids is 2. The summed E-state index contributed by atoms with van der Waals surface area (Å²) in [4.78, 5) is 26.0. The number of benzene rings is 3. The van der Waals surface area contributed by atoms with Crippen molar-refractivity contribution in [2.45, 2.75) is 6.17 Å². The first-order chi connectivity index (χ1) is 13.9. The van der Waals surface area contributed by atoms with Gasteiger partial charge in [-0.1, -0.05) is 57.3 Å². The molecule has 0 radical (unpaired) electrons. The fraction of sp³-hybridized carbons (Fsp3) is 0.0476. The molecule has 0 spiro atoms. The van der Waals surface area contributed by atoms with Crippen molar-refractivity contribution in [2.75, 3.05) is 5.32 Å². The van der Waals surface area contributed by atoms with E-state index >= 15 is 0 Å². The zero-order valence-electron chi connectivity index (χ0n) is 14.8. The Hall–Kier alpha value is -2.54. The van der Waals surface area contributed by atoms with Crippen molar-refractivity contribution >= 4 is 56.6 Å². The molecular weight excluding hydrogens is 477 g/mol. The smallest absolute Gasteiger partial charge is 0.276 e. The predicted octanol–water partition coefficient (Wildman–Crippen LogP) is 5.67. The van der Waals surface area contributed by atoms with E-state index in [2.05, 4.69) is 26.7 Å². The zero-order valence-corrected chi connectivity index (χ0v) is 17.9. The highest BCUT2D eigenvalue weighted by Gasteiger charge is 2.35. The van der Waals surface area contributed by atoms with Crippen molar-refractivity contribution in [1.29, 1.82) is 0 Å². The first-order valence-electron chi connectivity index (χ1n) is 8.64. The van der Waals surface area contributed by atoms with Gasteiger partial charge < -0.3 is 5.32 Å². The van der Waals surface area contributed by atoms with Gasteiger partial charge in [-0.25, -0.2) is 5.01 Å². The van der Waals surface area contributed by atoms with Crippen LogP contribution in [0.3, 0.4) is 0 Å². The SMILES string of the molecule is O=C(NN1C(=O)c2ccccc2NC1c1ccc(Cl)cc1Cl)c1ccc(Br)cc1. The zero-order chi connectivity index (χ0) is 20.5. The molecule has 5 nitrogen and oxygen atoms in total. The fourth-order valence-corrected chi connectivity index (χ4v) is 3.86. The van der Waals surface area contributed by atoms with Crippen LogP contribution in [-0.4, -0.2) is 16.8 Å². The lowest BCUT2D eigenvalue weighted by Crippen LogP contribution is -2.52. The van der Waals surface area contributed by atoms with Gasteiger partial charge in [0.2, 0.25) is 0 Å². The summed E-state index contributed by atoms with van der Waals surface area (Å²) in [5.41, 5.74) is 4.84. The van der Waals surface area contributed by atoms with E-state index < -0.39 is 12.1 Å². The lowest BCUT2D eigenvalue weighted by molar-refractivity contribution is 0.0491. The molecule has 0 bridgehead atoms. The third-order valence-electron chi connectivity index (χ3n) is 4.51. The number of nitrogens with one attached hydrogen (secondary N) is 2. The first kappa shape index (κ1) is 19.8. The van der Waals surface area contributed by atoms with Crippen LogP contribution >= 0.6 is 39.1 Å². The number of nitrogens with zero attached hydrogens (tertiary/aromatic N) is 1. The molecule has 1 aliphatic heterocycles. The van der Waals surface area contributed by atoms with E-state index in [1.165, 1.54) is 5.01 Å². The number of hydrogen-bond donors (Lipinski definition) is 2. The molecule has 8 heteroatoms. The highest BCUT2D eigenvalue weighted by Crippen LogP contribution is 2.35. The van der Waals surface area contributed by atoms with Crippen LogP contribution < -0.4 is 10.7 Å². The topological polar surface area (TPSA) is 61.4 Å². The van der Waals surface area contributed by atoms with Gasteiger partial charge in [-0.05, 0) is 48.5 Å². The van der Waals surface area contributed by atoms with E-state index in [1.54, 1.807) is 60.7 Å². The van der Waals surface area contributed by atoms with E-state index in [0.717, 1.165) is 4.47 Å². The molecule has 146 valence electrons. The summed E-state index contributed by atoms with van der Waals surface area (Å²) in [6.45, 7) is 0. The van der Waals surface area contributed by atoms with Gasteiger partial charge in [0.25, 0.3) is 11.8 Å². The Bertz CT molecular complexity index is 1110. The lowest BCUT2D eigenvalue weighted by atomic mass is 10.0. The molecule has 2 amide bonds. The van der Waals surface area contributed by atoms with E-state index in [9.17, 15) is 9.59 Å². The summed E-state index contributed by atoms with van der Waals surface area (Å²) >= 11 is 15.8. The summed E-state index contributed by atoms with van der Waals surface area (Å²) in [5, 5.41) is 5.39. The van der Waals surface area contributed by atoms with Crippen molar-refractivity contribution in [3.63, 3.8) is 0 Å². The van der Waals surface area contributed by atoms with Gasteiger partial charge in [0.1, 0.15) is 6.17 Å². The molecular formula is C21H14BrCl2N3O2. The van der Waals surface area contributed by atoms with Gasteiger partial charge in [0.15, 0.2) is 0 Å². The average Bonchev–Trinajstić information content (AvgIpc) is 2.71. The Morgan fingerprint density at radius 3 is 2.48 bits per heavy atom. The molecule has 1 heterocycles. The average molecular weight is 491 g/mol. The normalized spacial score (nSPS) is 15.5.